The number of hydrogen-bond acceptors (Lipinski definition) is 9. The van der Waals surface area contributed by atoms with E-state index in [1.165, 1.54) is 23.3 Å². The lowest BCUT2D eigenvalue weighted by Gasteiger charge is -2.12. The summed E-state index contributed by atoms with van der Waals surface area (Å²) in [6, 6.07) is 0. The van der Waals surface area contributed by atoms with E-state index in [-0.39, 0.29) is 0 Å². The zero-order valence-corrected chi connectivity index (χ0v) is 14.3. The maximum atomic E-state index is 4.44. The molecular formula is C12H19N7S2. The number of nitrogens with zero attached hydrogens (tertiary/aromatic N) is 6. The predicted molar refractivity (Wildman–Crippen MR) is 86.3 cm³/mol. The Balaban J connectivity index is 2.22. The summed E-state index contributed by atoms with van der Waals surface area (Å²) >= 11 is 2.79. The average Bonchev–Trinajstić information content (AvgIpc) is 2.92. The summed E-state index contributed by atoms with van der Waals surface area (Å²) in [5.41, 5.74) is 0. The highest BCUT2D eigenvalue weighted by atomic mass is 32.2. The Kier molecular flexibility index (Phi) is 5.68. The fourth-order valence-corrected chi connectivity index (χ4v) is 2.96. The highest BCUT2D eigenvalue weighted by Crippen LogP contribution is 2.27. The monoisotopic (exact) mass is 325 g/mol. The first-order chi connectivity index (χ1) is 10.1. The van der Waals surface area contributed by atoms with Gasteiger partial charge in [0.05, 0.1) is 0 Å². The van der Waals surface area contributed by atoms with E-state index in [4.69, 9.17) is 0 Å². The molecule has 0 spiro atoms. The standard InChI is InChI=1S/C12H19N7S2/c1-5-7-13-9-15-10(19(3)4)17-11(16-9)20-12-14-8(6-2)18-21-12/h5-7H2,1-4H3,(H,13,15,16,17). The Labute approximate surface area is 132 Å². The van der Waals surface area contributed by atoms with E-state index in [1.807, 2.05) is 25.9 Å². The van der Waals surface area contributed by atoms with Crippen LogP contribution < -0.4 is 10.2 Å². The van der Waals surface area contributed by atoms with E-state index in [2.05, 4.69) is 36.5 Å². The molecule has 0 saturated heterocycles. The molecule has 1 N–H and O–H groups in total. The second-order valence-electron chi connectivity index (χ2n) is 4.49. The fraction of sp³-hybridized carbons (Fsp3) is 0.583. The first-order valence-electron chi connectivity index (χ1n) is 6.80. The van der Waals surface area contributed by atoms with Gasteiger partial charge in [0.15, 0.2) is 4.34 Å². The molecule has 0 aliphatic rings. The topological polar surface area (TPSA) is 79.7 Å². The molecule has 2 aromatic heterocycles. The lowest BCUT2D eigenvalue weighted by Crippen LogP contribution is -2.16. The Morgan fingerprint density at radius 2 is 1.95 bits per heavy atom. The molecule has 21 heavy (non-hydrogen) atoms. The molecule has 0 unspecified atom stereocenters. The molecule has 7 nitrogen and oxygen atoms in total. The van der Waals surface area contributed by atoms with Crippen LogP contribution in [-0.4, -0.2) is 44.9 Å². The first-order valence-corrected chi connectivity index (χ1v) is 8.39. The lowest BCUT2D eigenvalue weighted by molar-refractivity contribution is 0.851. The Morgan fingerprint density at radius 1 is 1.14 bits per heavy atom. The van der Waals surface area contributed by atoms with Crippen LogP contribution in [0.1, 0.15) is 26.1 Å². The van der Waals surface area contributed by atoms with E-state index in [0.717, 1.165) is 29.6 Å². The van der Waals surface area contributed by atoms with Crippen molar-refractivity contribution < 1.29 is 0 Å². The minimum atomic E-state index is 0.596. The Bertz CT molecular complexity index is 585. The van der Waals surface area contributed by atoms with Crippen LogP contribution in [0.5, 0.6) is 0 Å². The molecule has 0 amide bonds. The van der Waals surface area contributed by atoms with Gasteiger partial charge in [0, 0.05) is 27.1 Å². The van der Waals surface area contributed by atoms with Crippen molar-refractivity contribution in [2.45, 2.75) is 36.2 Å². The molecule has 0 aromatic carbocycles. The molecule has 0 aliphatic carbocycles. The second kappa shape index (κ2) is 7.51. The third-order valence-corrected chi connectivity index (χ3v) is 4.13. The Hall–Kier alpha value is -1.48. The third kappa shape index (κ3) is 4.50. The van der Waals surface area contributed by atoms with Crippen LogP contribution in [0.25, 0.3) is 0 Å². The third-order valence-electron chi connectivity index (χ3n) is 2.48. The van der Waals surface area contributed by atoms with Gasteiger partial charge in [0.1, 0.15) is 5.82 Å². The van der Waals surface area contributed by atoms with E-state index in [1.54, 1.807) is 0 Å². The van der Waals surface area contributed by atoms with Gasteiger partial charge < -0.3 is 10.2 Å². The van der Waals surface area contributed by atoms with E-state index in [0.29, 0.717) is 17.1 Å². The van der Waals surface area contributed by atoms with Crippen LogP contribution in [0.15, 0.2) is 9.50 Å². The van der Waals surface area contributed by atoms with Crippen molar-refractivity contribution in [3.8, 4) is 0 Å². The van der Waals surface area contributed by atoms with Gasteiger partial charge >= 0.3 is 0 Å². The second-order valence-corrected chi connectivity index (χ2v) is 6.46. The summed E-state index contributed by atoms with van der Waals surface area (Å²) in [5, 5.41) is 3.83. The van der Waals surface area contributed by atoms with Gasteiger partial charge in [-0.1, -0.05) is 13.8 Å². The maximum Gasteiger partial charge on any atom is 0.230 e. The lowest BCUT2D eigenvalue weighted by atomic mass is 10.5. The molecule has 2 aromatic rings. The summed E-state index contributed by atoms with van der Waals surface area (Å²) in [6.45, 7) is 4.97. The van der Waals surface area contributed by atoms with Crippen molar-refractivity contribution in [3.05, 3.63) is 5.82 Å². The molecule has 0 radical (unpaired) electrons. The molecule has 0 fully saturated rings. The van der Waals surface area contributed by atoms with Crippen LogP contribution in [-0.2, 0) is 6.42 Å². The summed E-state index contributed by atoms with van der Waals surface area (Å²) in [5.74, 6) is 2.08. The number of hydrogen-bond donors (Lipinski definition) is 1. The van der Waals surface area contributed by atoms with Crippen molar-refractivity contribution >= 4 is 35.2 Å². The summed E-state index contributed by atoms with van der Waals surface area (Å²) in [6.07, 6.45) is 1.85. The zero-order chi connectivity index (χ0) is 15.2. The normalized spacial score (nSPS) is 10.7. The summed E-state index contributed by atoms with van der Waals surface area (Å²) < 4.78 is 5.12. The fourth-order valence-electron chi connectivity index (χ4n) is 1.41. The smallest absolute Gasteiger partial charge is 0.230 e. The quantitative estimate of drug-likeness (QED) is 0.831. The number of nitrogens with one attached hydrogen (secondary N) is 1. The van der Waals surface area contributed by atoms with Crippen LogP contribution in [0, 0.1) is 0 Å². The molecular weight excluding hydrogens is 306 g/mol. The van der Waals surface area contributed by atoms with Gasteiger partial charge in [-0.2, -0.15) is 19.3 Å². The molecule has 114 valence electrons. The van der Waals surface area contributed by atoms with Gasteiger partial charge in [0.2, 0.25) is 17.1 Å². The van der Waals surface area contributed by atoms with Crippen LogP contribution in [0.4, 0.5) is 11.9 Å². The molecule has 0 aliphatic heterocycles. The highest BCUT2D eigenvalue weighted by Gasteiger charge is 2.12. The number of rotatable bonds is 7. The molecule has 2 heterocycles. The largest absolute Gasteiger partial charge is 0.354 e. The molecule has 0 saturated carbocycles. The van der Waals surface area contributed by atoms with Crippen molar-refractivity contribution in [3.63, 3.8) is 0 Å². The van der Waals surface area contributed by atoms with Crippen molar-refractivity contribution in [1.82, 2.24) is 24.3 Å². The van der Waals surface area contributed by atoms with Gasteiger partial charge in [-0.05, 0) is 29.7 Å². The molecule has 2 rings (SSSR count). The van der Waals surface area contributed by atoms with E-state index >= 15 is 0 Å². The van der Waals surface area contributed by atoms with Gasteiger partial charge in [-0.25, -0.2) is 4.98 Å². The molecule has 9 heteroatoms. The summed E-state index contributed by atoms with van der Waals surface area (Å²) in [4.78, 5) is 19.5. The molecule has 0 atom stereocenters. The highest BCUT2D eigenvalue weighted by molar-refractivity contribution is 8.00. The minimum Gasteiger partial charge on any atom is -0.354 e. The minimum absolute atomic E-state index is 0.596. The maximum absolute atomic E-state index is 4.44. The van der Waals surface area contributed by atoms with Gasteiger partial charge in [-0.15, -0.1) is 0 Å². The zero-order valence-electron chi connectivity index (χ0n) is 12.6. The average molecular weight is 325 g/mol. The van der Waals surface area contributed by atoms with Crippen molar-refractivity contribution in [2.24, 2.45) is 0 Å². The number of anilines is 2. The van der Waals surface area contributed by atoms with Gasteiger partial charge in [0.25, 0.3) is 0 Å². The van der Waals surface area contributed by atoms with Crippen LogP contribution >= 0.6 is 23.3 Å². The van der Waals surface area contributed by atoms with Crippen molar-refractivity contribution in [1.29, 1.82) is 0 Å². The number of aryl methyl sites for hydroxylation is 1. The van der Waals surface area contributed by atoms with Crippen LogP contribution in [0.3, 0.4) is 0 Å². The van der Waals surface area contributed by atoms with E-state index < -0.39 is 0 Å². The van der Waals surface area contributed by atoms with Crippen LogP contribution in [0.2, 0.25) is 0 Å². The summed E-state index contributed by atoms with van der Waals surface area (Å²) in [7, 11) is 3.82. The Morgan fingerprint density at radius 3 is 2.57 bits per heavy atom. The number of aromatic nitrogens is 5. The SMILES string of the molecule is CCCNc1nc(Sc2nc(CC)ns2)nc(N(C)C)n1. The first kappa shape index (κ1) is 15.9. The van der Waals surface area contributed by atoms with Gasteiger partial charge in [-0.3, -0.25) is 0 Å². The predicted octanol–water partition coefficient (Wildman–Crippen LogP) is 2.32. The van der Waals surface area contributed by atoms with E-state index in [9.17, 15) is 0 Å². The van der Waals surface area contributed by atoms with Crippen molar-refractivity contribution in [2.75, 3.05) is 30.9 Å². The molecule has 0 bridgehead atoms.